The highest BCUT2D eigenvalue weighted by atomic mass is 79.9. The highest BCUT2D eigenvalue weighted by Crippen LogP contribution is 2.38. The number of hydrogen-bond donors (Lipinski definition) is 1. The second-order valence-corrected chi connectivity index (χ2v) is 13.4. The number of carbonyl (C=O) groups is 1. The van der Waals surface area contributed by atoms with E-state index in [0.717, 1.165) is 49.7 Å². The number of halogens is 2. The van der Waals surface area contributed by atoms with Gasteiger partial charge in [-0.15, -0.1) is 0 Å². The molecule has 1 amide bonds. The Hall–Kier alpha value is -5.37. The van der Waals surface area contributed by atoms with E-state index in [1.165, 1.54) is 18.3 Å². The molecule has 0 radical (unpaired) electrons. The van der Waals surface area contributed by atoms with Crippen LogP contribution in [0.5, 0.6) is 23.0 Å². The summed E-state index contributed by atoms with van der Waals surface area (Å²) in [6.45, 7) is 5.74. The van der Waals surface area contributed by atoms with Gasteiger partial charge in [0.2, 0.25) is 5.43 Å². The van der Waals surface area contributed by atoms with Crippen LogP contribution in [-0.2, 0) is 0 Å². The molecule has 0 saturated carbocycles. The quantitative estimate of drug-likeness (QED) is 0.141. The Morgan fingerprint density at radius 1 is 0.904 bits per heavy atom. The van der Waals surface area contributed by atoms with Gasteiger partial charge in [-0.25, -0.2) is 9.37 Å². The summed E-state index contributed by atoms with van der Waals surface area (Å²) in [6, 6.07) is 19.9. The number of hydrogen-bond acceptors (Lipinski definition) is 9. The lowest BCUT2D eigenvalue weighted by atomic mass is 10.1. The molecule has 11 nitrogen and oxygen atoms in total. The molecule has 0 atom stereocenters. The molecule has 0 spiro atoms. The van der Waals surface area contributed by atoms with Gasteiger partial charge in [-0.05, 0) is 74.1 Å². The van der Waals surface area contributed by atoms with E-state index in [2.05, 4.69) is 48.1 Å². The van der Waals surface area contributed by atoms with Gasteiger partial charge in [0.15, 0.2) is 23.1 Å². The van der Waals surface area contributed by atoms with Crippen LogP contribution >= 0.6 is 15.9 Å². The molecule has 3 aromatic heterocycles. The summed E-state index contributed by atoms with van der Waals surface area (Å²) in [4.78, 5) is 40.5. The van der Waals surface area contributed by atoms with E-state index in [4.69, 9.17) is 14.2 Å². The van der Waals surface area contributed by atoms with Crippen molar-refractivity contribution in [1.82, 2.24) is 24.3 Å². The van der Waals surface area contributed by atoms with Crippen molar-refractivity contribution in [2.75, 3.05) is 58.8 Å². The number of benzene rings is 3. The number of pyridine rings is 3. The minimum Gasteiger partial charge on any atom is -0.493 e. The standard InChI is InChI=1S/C39H36BrFN6O5/c1-45-16-18-46(19-17-45)15-4-20-51-36-23-32-29(22-35(36)50-2)33(12-14-42-32)52-34-11-8-26(21-31(34)41)44-39(49)30-24-47(27-9-6-25(40)7-10-27)38-28(37(30)48)5-3-13-43-38/h3,5-14,21-24H,4,15-20H2,1-2H3,(H,44,49). The normalized spacial score (nSPS) is 13.7. The average Bonchev–Trinajstić information content (AvgIpc) is 3.15. The maximum absolute atomic E-state index is 15.5. The Kier molecular flexibility index (Phi) is 10.4. The number of anilines is 1. The SMILES string of the molecule is COc1cc2c(Oc3ccc(NC(=O)c4cn(-c5ccc(Br)cc5)c5ncccc5c4=O)cc3F)ccnc2cc1OCCCN1CCN(C)CC1. The van der Waals surface area contributed by atoms with Crippen LogP contribution in [0.25, 0.3) is 27.6 Å². The highest BCUT2D eigenvalue weighted by Gasteiger charge is 2.19. The fraction of sp³-hybridized carbons (Fsp3) is 0.231. The van der Waals surface area contributed by atoms with E-state index in [-0.39, 0.29) is 22.4 Å². The second-order valence-electron chi connectivity index (χ2n) is 12.5. The van der Waals surface area contributed by atoms with Gasteiger partial charge in [0.25, 0.3) is 5.91 Å². The van der Waals surface area contributed by atoms with Crippen LogP contribution in [0.1, 0.15) is 16.8 Å². The fourth-order valence-electron chi connectivity index (χ4n) is 6.13. The molecule has 0 bridgehead atoms. The van der Waals surface area contributed by atoms with Crippen molar-refractivity contribution in [2.45, 2.75) is 6.42 Å². The number of nitrogens with zero attached hydrogens (tertiary/aromatic N) is 5. The monoisotopic (exact) mass is 766 g/mol. The molecular formula is C39H36BrFN6O5. The zero-order chi connectivity index (χ0) is 36.2. The molecular weight excluding hydrogens is 731 g/mol. The Labute approximate surface area is 307 Å². The van der Waals surface area contributed by atoms with Gasteiger partial charge in [-0.3, -0.25) is 14.6 Å². The Balaban J connectivity index is 1.07. The van der Waals surface area contributed by atoms with E-state index in [1.807, 2.05) is 24.3 Å². The van der Waals surface area contributed by atoms with Crippen LogP contribution < -0.4 is 25.0 Å². The first-order valence-corrected chi connectivity index (χ1v) is 17.6. The Bertz CT molecular complexity index is 2310. The molecule has 1 saturated heterocycles. The van der Waals surface area contributed by atoms with Crippen LogP contribution in [0.2, 0.25) is 0 Å². The molecule has 1 fully saturated rings. The molecule has 7 rings (SSSR count). The van der Waals surface area contributed by atoms with E-state index in [0.29, 0.717) is 46.1 Å². The van der Waals surface area contributed by atoms with Crippen molar-refractivity contribution < 1.29 is 23.4 Å². The number of piperazine rings is 1. The van der Waals surface area contributed by atoms with Gasteiger partial charge in [0.1, 0.15) is 17.0 Å². The summed E-state index contributed by atoms with van der Waals surface area (Å²) < 4.78 is 35.8. The van der Waals surface area contributed by atoms with Crippen LogP contribution in [0, 0.1) is 5.82 Å². The summed E-state index contributed by atoms with van der Waals surface area (Å²) in [5.74, 6) is -0.0473. The van der Waals surface area contributed by atoms with E-state index < -0.39 is 17.2 Å². The lowest BCUT2D eigenvalue weighted by molar-refractivity contribution is 0.102. The molecule has 1 aliphatic rings. The van der Waals surface area contributed by atoms with Crippen LogP contribution in [0.4, 0.5) is 10.1 Å². The molecule has 13 heteroatoms. The van der Waals surface area contributed by atoms with Crippen molar-refractivity contribution in [2.24, 2.45) is 0 Å². The number of carbonyl (C=O) groups excluding carboxylic acids is 1. The summed E-state index contributed by atoms with van der Waals surface area (Å²) in [5.41, 5.74) is 1.23. The molecule has 52 heavy (non-hydrogen) atoms. The number of likely N-dealkylation sites (N-methyl/N-ethyl adjacent to an activating group) is 1. The second kappa shape index (κ2) is 15.5. The van der Waals surface area contributed by atoms with Gasteiger partial charge in [0, 0.05) is 84.7 Å². The average molecular weight is 768 g/mol. The maximum atomic E-state index is 15.5. The molecule has 6 aromatic rings. The van der Waals surface area contributed by atoms with Gasteiger partial charge < -0.3 is 33.9 Å². The molecule has 0 aliphatic carbocycles. The Morgan fingerprint density at radius 3 is 2.48 bits per heavy atom. The van der Waals surface area contributed by atoms with Crippen molar-refractivity contribution in [3.05, 3.63) is 117 Å². The van der Waals surface area contributed by atoms with Crippen LogP contribution in [-0.4, -0.2) is 83.7 Å². The minimum atomic E-state index is -0.718. The summed E-state index contributed by atoms with van der Waals surface area (Å²) in [5, 5.41) is 3.53. The smallest absolute Gasteiger partial charge is 0.261 e. The number of rotatable bonds is 11. The largest absolute Gasteiger partial charge is 0.493 e. The lowest BCUT2D eigenvalue weighted by Gasteiger charge is -2.32. The summed E-state index contributed by atoms with van der Waals surface area (Å²) >= 11 is 3.43. The number of nitrogens with one attached hydrogen (secondary N) is 1. The van der Waals surface area contributed by atoms with Crippen LogP contribution in [0.3, 0.4) is 0 Å². The summed E-state index contributed by atoms with van der Waals surface area (Å²) in [7, 11) is 3.70. The maximum Gasteiger partial charge on any atom is 0.261 e. The number of methoxy groups -OCH3 is 1. The third-order valence-corrected chi connectivity index (χ3v) is 9.51. The summed E-state index contributed by atoms with van der Waals surface area (Å²) in [6.07, 6.45) is 5.48. The van der Waals surface area contributed by atoms with Gasteiger partial charge in [0.05, 0.1) is 24.6 Å². The minimum absolute atomic E-state index is 0.0666. The third-order valence-electron chi connectivity index (χ3n) is 8.98. The lowest BCUT2D eigenvalue weighted by Crippen LogP contribution is -2.44. The van der Waals surface area contributed by atoms with Gasteiger partial charge >= 0.3 is 0 Å². The number of fused-ring (bicyclic) bond motifs is 2. The van der Waals surface area contributed by atoms with Crippen LogP contribution in [0.15, 0.2) is 101 Å². The van der Waals surface area contributed by atoms with Gasteiger partial charge in [-0.1, -0.05) is 15.9 Å². The first-order chi connectivity index (χ1) is 25.3. The molecule has 4 heterocycles. The van der Waals surface area contributed by atoms with Gasteiger partial charge in [-0.2, -0.15) is 0 Å². The number of aromatic nitrogens is 3. The Morgan fingerprint density at radius 2 is 1.71 bits per heavy atom. The molecule has 266 valence electrons. The number of amides is 1. The molecule has 3 aromatic carbocycles. The molecule has 0 unspecified atom stereocenters. The zero-order valence-corrected chi connectivity index (χ0v) is 30.2. The predicted octanol–water partition coefficient (Wildman–Crippen LogP) is 6.91. The fourth-order valence-corrected chi connectivity index (χ4v) is 6.39. The first-order valence-electron chi connectivity index (χ1n) is 16.8. The zero-order valence-electron chi connectivity index (χ0n) is 28.6. The van der Waals surface area contributed by atoms with E-state index in [9.17, 15) is 9.59 Å². The van der Waals surface area contributed by atoms with Crippen molar-refractivity contribution in [3.63, 3.8) is 0 Å². The predicted molar refractivity (Wildman–Crippen MR) is 202 cm³/mol. The van der Waals surface area contributed by atoms with Crippen molar-refractivity contribution in [1.29, 1.82) is 0 Å². The van der Waals surface area contributed by atoms with Crippen molar-refractivity contribution >= 4 is 49.5 Å². The molecule has 1 N–H and O–H groups in total. The topological polar surface area (TPSA) is 111 Å². The molecule has 1 aliphatic heterocycles. The van der Waals surface area contributed by atoms with Crippen molar-refractivity contribution in [3.8, 4) is 28.7 Å². The third kappa shape index (κ3) is 7.61. The van der Waals surface area contributed by atoms with E-state index in [1.54, 1.807) is 54.4 Å². The first kappa shape index (κ1) is 35.1. The number of ether oxygens (including phenoxy) is 3. The highest BCUT2D eigenvalue weighted by molar-refractivity contribution is 9.10. The van der Waals surface area contributed by atoms with E-state index >= 15 is 4.39 Å².